The van der Waals surface area contributed by atoms with Crippen molar-refractivity contribution in [2.75, 3.05) is 0 Å². The Morgan fingerprint density at radius 1 is 1.00 bits per heavy atom. The molecule has 4 N–H and O–H groups in total. The molecular weight excluding hydrogens is 301 g/mol. The molecule has 3 aromatic rings. The first-order chi connectivity index (χ1) is 11.1. The standard InChI is InChI=1S/C16H12FN3O3/c17-11-5-3-6-12-10(11)8-13(18-12)16(23)20-19-15(22)9-4-1-2-7-14(9)21/h1-8,18,21H,(H,19,22)(H,20,23). The van der Waals surface area contributed by atoms with Gasteiger partial charge < -0.3 is 10.1 Å². The van der Waals surface area contributed by atoms with Crippen molar-refractivity contribution in [1.29, 1.82) is 0 Å². The van der Waals surface area contributed by atoms with Gasteiger partial charge in [0.2, 0.25) is 0 Å². The van der Waals surface area contributed by atoms with Gasteiger partial charge in [0.05, 0.1) is 5.56 Å². The Bertz CT molecular complexity index is 904. The zero-order chi connectivity index (χ0) is 16.4. The van der Waals surface area contributed by atoms with Crippen LogP contribution in [0.1, 0.15) is 20.8 Å². The van der Waals surface area contributed by atoms with Crippen molar-refractivity contribution in [3.63, 3.8) is 0 Å². The molecule has 116 valence electrons. The van der Waals surface area contributed by atoms with Crippen molar-refractivity contribution in [2.24, 2.45) is 0 Å². The highest BCUT2D eigenvalue weighted by Gasteiger charge is 2.14. The number of rotatable bonds is 2. The van der Waals surface area contributed by atoms with Crippen LogP contribution in [-0.4, -0.2) is 21.9 Å². The average Bonchev–Trinajstić information content (AvgIpc) is 2.98. The van der Waals surface area contributed by atoms with Gasteiger partial charge in [0.15, 0.2) is 0 Å². The molecule has 6 nitrogen and oxygen atoms in total. The maximum absolute atomic E-state index is 13.6. The fourth-order valence-corrected chi connectivity index (χ4v) is 2.15. The summed E-state index contributed by atoms with van der Waals surface area (Å²) in [5.41, 5.74) is 4.98. The lowest BCUT2D eigenvalue weighted by Gasteiger charge is -2.07. The van der Waals surface area contributed by atoms with Crippen LogP contribution in [0, 0.1) is 5.82 Å². The molecule has 0 bridgehead atoms. The molecule has 0 aliphatic heterocycles. The summed E-state index contributed by atoms with van der Waals surface area (Å²) in [7, 11) is 0. The molecule has 1 heterocycles. The summed E-state index contributed by atoms with van der Waals surface area (Å²) in [6.07, 6.45) is 0. The van der Waals surface area contributed by atoms with Crippen LogP contribution in [-0.2, 0) is 0 Å². The smallest absolute Gasteiger partial charge is 0.286 e. The summed E-state index contributed by atoms with van der Waals surface area (Å²) in [4.78, 5) is 26.6. The van der Waals surface area contributed by atoms with E-state index in [2.05, 4.69) is 15.8 Å². The van der Waals surface area contributed by atoms with Gasteiger partial charge in [0.1, 0.15) is 17.3 Å². The molecular formula is C16H12FN3O3. The first-order valence-electron chi connectivity index (χ1n) is 6.72. The molecule has 1 aromatic heterocycles. The van der Waals surface area contributed by atoms with E-state index in [4.69, 9.17) is 0 Å². The number of para-hydroxylation sites is 1. The topological polar surface area (TPSA) is 94.2 Å². The van der Waals surface area contributed by atoms with E-state index in [0.29, 0.717) is 5.52 Å². The summed E-state index contributed by atoms with van der Waals surface area (Å²) < 4.78 is 13.6. The van der Waals surface area contributed by atoms with E-state index >= 15 is 0 Å². The van der Waals surface area contributed by atoms with Gasteiger partial charge >= 0.3 is 0 Å². The number of phenols is 1. The maximum Gasteiger partial charge on any atom is 0.286 e. The number of aromatic hydroxyl groups is 1. The van der Waals surface area contributed by atoms with E-state index in [1.165, 1.54) is 30.3 Å². The summed E-state index contributed by atoms with van der Waals surface area (Å²) in [6, 6.07) is 11.7. The molecule has 2 amide bonds. The quantitative estimate of drug-likeness (QED) is 0.546. The third-order valence-electron chi connectivity index (χ3n) is 3.29. The molecule has 0 spiro atoms. The number of nitrogens with one attached hydrogen (secondary N) is 3. The Labute approximate surface area is 129 Å². The van der Waals surface area contributed by atoms with E-state index in [9.17, 15) is 19.1 Å². The number of phenolic OH excluding ortho intramolecular Hbond substituents is 1. The summed E-state index contributed by atoms with van der Waals surface area (Å²) >= 11 is 0. The lowest BCUT2D eigenvalue weighted by atomic mass is 10.2. The SMILES string of the molecule is O=C(NNC(=O)c1ccccc1O)c1cc2c(F)cccc2[nH]1. The van der Waals surface area contributed by atoms with Crippen LogP contribution < -0.4 is 10.9 Å². The molecule has 0 aliphatic carbocycles. The average molecular weight is 313 g/mol. The fraction of sp³-hybridized carbons (Fsp3) is 0. The van der Waals surface area contributed by atoms with E-state index < -0.39 is 17.6 Å². The number of fused-ring (bicyclic) bond motifs is 1. The van der Waals surface area contributed by atoms with Crippen LogP contribution >= 0.6 is 0 Å². The van der Waals surface area contributed by atoms with Crippen LogP contribution in [0.25, 0.3) is 10.9 Å². The molecule has 0 saturated heterocycles. The number of carbonyl (C=O) groups is 2. The highest BCUT2D eigenvalue weighted by Crippen LogP contribution is 2.18. The Balaban J connectivity index is 1.73. The number of carbonyl (C=O) groups excluding carboxylic acids is 2. The van der Waals surface area contributed by atoms with Gasteiger partial charge in [-0.15, -0.1) is 0 Å². The Morgan fingerprint density at radius 2 is 1.74 bits per heavy atom. The maximum atomic E-state index is 13.6. The molecule has 0 atom stereocenters. The molecule has 23 heavy (non-hydrogen) atoms. The van der Waals surface area contributed by atoms with E-state index in [-0.39, 0.29) is 22.4 Å². The van der Waals surface area contributed by atoms with Gasteiger partial charge in [0, 0.05) is 10.9 Å². The minimum absolute atomic E-state index is 0.0236. The van der Waals surface area contributed by atoms with Gasteiger partial charge in [0.25, 0.3) is 11.8 Å². The molecule has 0 fully saturated rings. The number of amides is 2. The Morgan fingerprint density at radius 3 is 2.48 bits per heavy atom. The normalized spacial score (nSPS) is 10.5. The minimum atomic E-state index is -0.668. The fourth-order valence-electron chi connectivity index (χ4n) is 2.15. The molecule has 0 aliphatic rings. The second kappa shape index (κ2) is 5.80. The lowest BCUT2D eigenvalue weighted by molar-refractivity contribution is 0.0843. The van der Waals surface area contributed by atoms with Gasteiger partial charge in [-0.25, -0.2) is 4.39 Å². The van der Waals surface area contributed by atoms with Gasteiger partial charge in [-0.05, 0) is 30.3 Å². The molecule has 7 heteroatoms. The molecule has 0 unspecified atom stereocenters. The monoisotopic (exact) mass is 313 g/mol. The second-order valence-corrected chi connectivity index (χ2v) is 4.81. The number of H-pyrrole nitrogens is 1. The third kappa shape index (κ3) is 2.84. The van der Waals surface area contributed by atoms with Crippen molar-refractivity contribution >= 4 is 22.7 Å². The highest BCUT2D eigenvalue weighted by atomic mass is 19.1. The van der Waals surface area contributed by atoms with Crippen molar-refractivity contribution in [1.82, 2.24) is 15.8 Å². The van der Waals surface area contributed by atoms with Crippen molar-refractivity contribution < 1.29 is 19.1 Å². The van der Waals surface area contributed by atoms with Crippen LogP contribution in [0.15, 0.2) is 48.5 Å². The van der Waals surface area contributed by atoms with E-state index in [0.717, 1.165) is 0 Å². The number of hydrazine groups is 1. The predicted molar refractivity (Wildman–Crippen MR) is 81.3 cm³/mol. The zero-order valence-corrected chi connectivity index (χ0v) is 11.8. The van der Waals surface area contributed by atoms with Crippen LogP contribution in [0.5, 0.6) is 5.75 Å². The lowest BCUT2D eigenvalue weighted by Crippen LogP contribution is -2.41. The van der Waals surface area contributed by atoms with E-state index in [1.54, 1.807) is 18.2 Å². The largest absolute Gasteiger partial charge is 0.507 e. The summed E-state index contributed by atoms with van der Waals surface area (Å²) in [5, 5.41) is 9.85. The number of aromatic amines is 1. The summed E-state index contributed by atoms with van der Waals surface area (Å²) in [6.45, 7) is 0. The van der Waals surface area contributed by atoms with Gasteiger partial charge in [-0.3, -0.25) is 20.4 Å². The van der Waals surface area contributed by atoms with Crippen molar-refractivity contribution in [3.05, 3.63) is 65.6 Å². The van der Waals surface area contributed by atoms with Crippen molar-refractivity contribution in [2.45, 2.75) is 0 Å². The molecule has 2 aromatic carbocycles. The van der Waals surface area contributed by atoms with Gasteiger partial charge in [-0.1, -0.05) is 18.2 Å². The molecule has 3 rings (SSSR count). The zero-order valence-electron chi connectivity index (χ0n) is 11.8. The summed E-state index contributed by atoms with van der Waals surface area (Å²) in [5.74, 6) is -1.95. The number of hydrogen-bond acceptors (Lipinski definition) is 3. The molecule has 0 radical (unpaired) electrons. The Hall–Kier alpha value is -3.35. The van der Waals surface area contributed by atoms with Gasteiger partial charge in [-0.2, -0.15) is 0 Å². The van der Waals surface area contributed by atoms with Crippen molar-refractivity contribution in [3.8, 4) is 5.75 Å². The van der Waals surface area contributed by atoms with Crippen LogP contribution in [0.2, 0.25) is 0 Å². The Kier molecular flexibility index (Phi) is 3.68. The second-order valence-electron chi connectivity index (χ2n) is 4.81. The number of benzene rings is 2. The van der Waals surface area contributed by atoms with E-state index in [1.807, 2.05) is 0 Å². The molecule has 0 saturated carbocycles. The number of aromatic nitrogens is 1. The highest BCUT2D eigenvalue weighted by molar-refractivity contribution is 6.01. The first-order valence-corrected chi connectivity index (χ1v) is 6.72. The number of hydrogen-bond donors (Lipinski definition) is 4. The first kappa shape index (κ1) is 14.6. The number of halogens is 1. The van der Waals surface area contributed by atoms with Crippen LogP contribution in [0.3, 0.4) is 0 Å². The minimum Gasteiger partial charge on any atom is -0.507 e. The predicted octanol–water partition coefficient (Wildman–Crippen LogP) is 2.09. The third-order valence-corrected chi connectivity index (χ3v) is 3.29. The van der Waals surface area contributed by atoms with Crippen LogP contribution in [0.4, 0.5) is 4.39 Å².